The van der Waals surface area contributed by atoms with Crippen LogP contribution in [0.15, 0.2) is 48.2 Å². The van der Waals surface area contributed by atoms with Gasteiger partial charge in [-0.15, -0.1) is 0 Å². The summed E-state index contributed by atoms with van der Waals surface area (Å²) in [6.45, 7) is 6.33. The summed E-state index contributed by atoms with van der Waals surface area (Å²) in [4.78, 5) is 38.3. The quantitative estimate of drug-likeness (QED) is 0.251. The van der Waals surface area contributed by atoms with Crippen LogP contribution in [0, 0.1) is 17.0 Å². The largest absolute Gasteiger partial charge is 0.495 e. The molecule has 0 spiro atoms. The molecule has 0 unspecified atom stereocenters. The number of nitro groups is 1. The van der Waals surface area contributed by atoms with Gasteiger partial charge < -0.3 is 14.8 Å². The van der Waals surface area contributed by atoms with E-state index in [9.17, 15) is 19.7 Å². The fraction of sp³-hybridized carbons (Fsp3) is 0.333. The van der Waals surface area contributed by atoms with Gasteiger partial charge in [-0.2, -0.15) is 0 Å². The van der Waals surface area contributed by atoms with Gasteiger partial charge in [-0.3, -0.25) is 24.6 Å². The molecule has 0 saturated heterocycles. The molecule has 2 amide bonds. The number of aryl methyl sites for hydroxylation is 1. The molecule has 33 heavy (non-hydrogen) atoms. The average Bonchev–Trinajstić information content (AvgIpc) is 3.00. The molecule has 0 aliphatic carbocycles. The number of amides is 2. The Hall–Kier alpha value is -3.72. The number of benzene rings is 2. The van der Waals surface area contributed by atoms with Crippen molar-refractivity contribution in [3.05, 3.63) is 69.4 Å². The molecule has 0 bridgehead atoms. The minimum absolute atomic E-state index is 0.0507. The molecule has 0 aromatic heterocycles. The summed E-state index contributed by atoms with van der Waals surface area (Å²) in [5.41, 5.74) is 2.04. The van der Waals surface area contributed by atoms with Crippen molar-refractivity contribution in [1.82, 2.24) is 4.90 Å². The van der Waals surface area contributed by atoms with E-state index in [2.05, 4.69) is 5.32 Å². The molecule has 2 aromatic carbocycles. The van der Waals surface area contributed by atoms with Crippen LogP contribution in [0.2, 0.25) is 0 Å². The molecule has 0 atom stereocenters. The lowest BCUT2D eigenvalue weighted by molar-refractivity contribution is -0.384. The number of rotatable bonds is 10. The van der Waals surface area contributed by atoms with Crippen molar-refractivity contribution in [3.8, 4) is 5.75 Å². The van der Waals surface area contributed by atoms with E-state index in [1.165, 1.54) is 36.3 Å². The second kappa shape index (κ2) is 10.3. The number of nitro benzene ring substituents is 1. The van der Waals surface area contributed by atoms with Crippen molar-refractivity contribution in [2.24, 2.45) is 0 Å². The molecule has 9 nitrogen and oxygen atoms in total. The average molecular weight is 453 g/mol. The summed E-state index contributed by atoms with van der Waals surface area (Å²) in [7, 11) is 1.52. The van der Waals surface area contributed by atoms with Crippen LogP contribution in [0.3, 0.4) is 0 Å². The molecule has 0 fully saturated rings. The third-order valence-electron chi connectivity index (χ3n) is 5.13. The van der Waals surface area contributed by atoms with Crippen LogP contribution in [0.4, 0.5) is 11.4 Å². The normalized spacial score (nSPS) is 13.8. The lowest BCUT2D eigenvalue weighted by Gasteiger charge is -2.16. The zero-order valence-electron chi connectivity index (χ0n) is 19.1. The van der Waals surface area contributed by atoms with Gasteiger partial charge in [0, 0.05) is 25.3 Å². The Morgan fingerprint density at radius 3 is 2.39 bits per heavy atom. The van der Waals surface area contributed by atoms with Crippen LogP contribution in [0.5, 0.6) is 5.75 Å². The highest BCUT2D eigenvalue weighted by Crippen LogP contribution is 2.34. The minimum atomic E-state index is -0.516. The summed E-state index contributed by atoms with van der Waals surface area (Å²) >= 11 is 0. The number of carbonyl (C=O) groups excluding carboxylic acids is 2. The van der Waals surface area contributed by atoms with Crippen LogP contribution in [0.1, 0.15) is 31.4 Å². The molecule has 3 rings (SSSR count). The monoisotopic (exact) mass is 453 g/mol. The second-order valence-corrected chi connectivity index (χ2v) is 7.92. The summed E-state index contributed by atoms with van der Waals surface area (Å²) in [5, 5.41) is 14.1. The van der Waals surface area contributed by atoms with Gasteiger partial charge in [0.2, 0.25) is 0 Å². The van der Waals surface area contributed by atoms with Gasteiger partial charge in [-0.25, -0.2) is 0 Å². The fourth-order valence-electron chi connectivity index (χ4n) is 3.51. The summed E-state index contributed by atoms with van der Waals surface area (Å²) in [6.07, 6.45) is 0.541. The van der Waals surface area contributed by atoms with Gasteiger partial charge in [-0.1, -0.05) is 6.07 Å². The van der Waals surface area contributed by atoms with Crippen LogP contribution in [-0.2, 0) is 14.3 Å². The minimum Gasteiger partial charge on any atom is -0.495 e. The van der Waals surface area contributed by atoms with Crippen molar-refractivity contribution < 1.29 is 24.0 Å². The van der Waals surface area contributed by atoms with Crippen molar-refractivity contribution in [1.29, 1.82) is 0 Å². The Morgan fingerprint density at radius 1 is 1.09 bits per heavy atom. The number of nitrogens with zero attached hydrogens (tertiary/aromatic N) is 2. The van der Waals surface area contributed by atoms with Gasteiger partial charge >= 0.3 is 0 Å². The number of imide groups is 1. The maximum absolute atomic E-state index is 13.3. The molecular weight excluding hydrogens is 426 g/mol. The van der Waals surface area contributed by atoms with Gasteiger partial charge in [0.1, 0.15) is 11.4 Å². The molecule has 1 aliphatic heterocycles. The van der Waals surface area contributed by atoms with E-state index in [4.69, 9.17) is 9.47 Å². The van der Waals surface area contributed by atoms with Crippen LogP contribution in [-0.4, -0.2) is 48.0 Å². The van der Waals surface area contributed by atoms with Gasteiger partial charge in [0.25, 0.3) is 17.5 Å². The van der Waals surface area contributed by atoms with Crippen LogP contribution < -0.4 is 10.1 Å². The maximum Gasteiger partial charge on any atom is 0.278 e. The number of non-ortho nitro benzene ring substituents is 1. The number of methoxy groups -OCH3 is 1. The van der Waals surface area contributed by atoms with Gasteiger partial charge in [-0.05, 0) is 62.6 Å². The fourth-order valence-corrected chi connectivity index (χ4v) is 3.51. The highest BCUT2D eigenvalue weighted by atomic mass is 16.6. The first-order valence-corrected chi connectivity index (χ1v) is 10.6. The van der Waals surface area contributed by atoms with Crippen molar-refractivity contribution >= 4 is 28.8 Å². The Balaban J connectivity index is 1.98. The maximum atomic E-state index is 13.3. The summed E-state index contributed by atoms with van der Waals surface area (Å²) < 4.78 is 10.9. The van der Waals surface area contributed by atoms with E-state index in [-0.39, 0.29) is 29.6 Å². The molecular formula is C24H27N3O6. The summed E-state index contributed by atoms with van der Waals surface area (Å²) in [6, 6.07) is 11.0. The van der Waals surface area contributed by atoms with Crippen LogP contribution >= 0.6 is 0 Å². The Kier molecular flexibility index (Phi) is 7.44. The van der Waals surface area contributed by atoms with E-state index < -0.39 is 16.7 Å². The predicted octanol–water partition coefficient (Wildman–Crippen LogP) is 3.92. The lowest BCUT2D eigenvalue weighted by atomic mass is 10.0. The molecule has 0 radical (unpaired) electrons. The highest BCUT2D eigenvalue weighted by molar-refractivity contribution is 6.36. The van der Waals surface area contributed by atoms with Crippen molar-refractivity contribution in [2.75, 3.05) is 25.6 Å². The number of hydrogen-bond donors (Lipinski definition) is 1. The topological polar surface area (TPSA) is 111 Å². The van der Waals surface area contributed by atoms with E-state index in [1.54, 1.807) is 6.07 Å². The van der Waals surface area contributed by atoms with Crippen molar-refractivity contribution in [3.63, 3.8) is 0 Å². The molecule has 1 aliphatic rings. The number of ether oxygens (including phenoxy) is 2. The van der Waals surface area contributed by atoms with E-state index in [0.717, 1.165) is 5.56 Å². The lowest BCUT2D eigenvalue weighted by Crippen LogP contribution is -2.34. The van der Waals surface area contributed by atoms with Crippen molar-refractivity contribution in [2.45, 2.75) is 33.3 Å². The van der Waals surface area contributed by atoms with E-state index in [1.807, 2.05) is 32.9 Å². The zero-order chi connectivity index (χ0) is 24.1. The number of nitrogens with one attached hydrogen (secondary N) is 1. The Bertz CT molecular complexity index is 1090. The number of hydrogen-bond acceptors (Lipinski definition) is 7. The molecule has 2 aromatic rings. The first-order valence-electron chi connectivity index (χ1n) is 10.6. The molecule has 0 saturated carbocycles. The van der Waals surface area contributed by atoms with E-state index >= 15 is 0 Å². The van der Waals surface area contributed by atoms with Gasteiger partial charge in [0.15, 0.2) is 0 Å². The van der Waals surface area contributed by atoms with E-state index in [0.29, 0.717) is 30.0 Å². The van der Waals surface area contributed by atoms with Crippen LogP contribution in [0.25, 0.3) is 5.57 Å². The summed E-state index contributed by atoms with van der Waals surface area (Å²) in [5.74, 6) is -0.422. The Labute approximate surface area is 192 Å². The number of anilines is 1. The Morgan fingerprint density at radius 2 is 1.79 bits per heavy atom. The van der Waals surface area contributed by atoms with Gasteiger partial charge in [0.05, 0.1) is 29.4 Å². The molecule has 1 N–H and O–H groups in total. The second-order valence-electron chi connectivity index (χ2n) is 7.92. The smallest absolute Gasteiger partial charge is 0.278 e. The predicted molar refractivity (Wildman–Crippen MR) is 124 cm³/mol. The zero-order valence-corrected chi connectivity index (χ0v) is 19.1. The third kappa shape index (κ3) is 5.38. The number of carbonyl (C=O) groups is 2. The first kappa shape index (κ1) is 23.9. The molecule has 9 heteroatoms. The SMILES string of the molecule is COc1ccc(C)cc1NC1=C(c2ccc([N+](=O)[O-])cc2)C(=O)N(CCCOC(C)C)C1=O. The first-order chi connectivity index (χ1) is 15.7. The highest BCUT2D eigenvalue weighted by Gasteiger charge is 2.39. The standard InChI is InChI=1S/C24H27N3O6/c1-15(2)33-13-5-12-26-23(28)21(17-7-9-18(10-8-17)27(30)31)22(24(26)29)25-19-14-16(3)6-11-20(19)32-4/h6-11,14-15,25H,5,12-13H2,1-4H3. The molecule has 1 heterocycles. The molecule has 174 valence electrons. The third-order valence-corrected chi connectivity index (χ3v) is 5.13.